The molecule has 3 heterocycles. The fourth-order valence-corrected chi connectivity index (χ4v) is 3.28. The van der Waals surface area contributed by atoms with Crippen LogP contribution in [0.25, 0.3) is 10.8 Å². The van der Waals surface area contributed by atoms with E-state index in [1.807, 2.05) is 0 Å². The van der Waals surface area contributed by atoms with Crippen LogP contribution < -0.4 is 11.1 Å². The Labute approximate surface area is 148 Å². The van der Waals surface area contributed by atoms with Gasteiger partial charge in [-0.2, -0.15) is 5.10 Å². The van der Waals surface area contributed by atoms with Crippen LogP contribution in [-0.2, 0) is 27.2 Å². The number of hydrogen-bond donors (Lipinski definition) is 0. The molecule has 0 radical (unpaired) electrons. The molecule has 0 spiro atoms. The minimum atomic E-state index is -0.325. The van der Waals surface area contributed by atoms with Crippen LogP contribution in [0.3, 0.4) is 0 Å². The van der Waals surface area contributed by atoms with Crippen LogP contribution in [0, 0.1) is 6.92 Å². The zero-order chi connectivity index (χ0) is 18.6. The van der Waals surface area contributed by atoms with Gasteiger partial charge < -0.3 is 4.90 Å². The molecule has 0 saturated heterocycles. The Bertz CT molecular complexity index is 1190. The average Bonchev–Trinajstić information content (AvgIpc) is 3.06. The van der Waals surface area contributed by atoms with E-state index in [2.05, 4.69) is 10.1 Å². The third-order valence-corrected chi connectivity index (χ3v) is 4.83. The fraction of sp³-hybridized carbons (Fsp3) is 0.278. The summed E-state index contributed by atoms with van der Waals surface area (Å²) in [7, 11) is 3.18. The third-order valence-electron chi connectivity index (χ3n) is 4.83. The van der Waals surface area contributed by atoms with Crippen LogP contribution in [-0.4, -0.2) is 30.1 Å². The number of carbonyl (C=O) groups excluding carboxylic acids is 1. The molecule has 0 N–H and O–H groups in total. The number of rotatable bonds is 1. The van der Waals surface area contributed by atoms with Crippen LogP contribution in [0.5, 0.6) is 0 Å². The predicted octanol–water partition coefficient (Wildman–Crippen LogP) is 0.492. The maximum absolute atomic E-state index is 13.1. The Morgan fingerprint density at radius 1 is 1.04 bits per heavy atom. The molecule has 0 unspecified atom stereocenters. The zero-order valence-corrected chi connectivity index (χ0v) is 14.7. The highest BCUT2D eigenvalue weighted by molar-refractivity contribution is 6.04. The Kier molecular flexibility index (Phi) is 3.50. The lowest BCUT2D eigenvalue weighted by atomic mass is 10.1. The molecule has 0 fully saturated rings. The van der Waals surface area contributed by atoms with Gasteiger partial charge in [0.25, 0.3) is 17.0 Å². The van der Waals surface area contributed by atoms with Gasteiger partial charge in [-0.1, -0.05) is 18.2 Å². The second-order valence-corrected chi connectivity index (χ2v) is 6.43. The van der Waals surface area contributed by atoms with Crippen molar-refractivity contribution in [2.45, 2.75) is 20.0 Å². The standard InChI is InChI=1S/C18H17N5O3/c1-10-19-14-9-23(8-13(14)16(24)21(10)2)18(26)15-11-6-4-5-7-12(11)17(25)22(3)20-15/h4-7H,8-9H2,1-3H3. The fourth-order valence-electron chi connectivity index (χ4n) is 3.28. The smallest absolute Gasteiger partial charge is 0.275 e. The van der Waals surface area contributed by atoms with Gasteiger partial charge in [-0.25, -0.2) is 9.67 Å². The summed E-state index contributed by atoms with van der Waals surface area (Å²) < 4.78 is 2.65. The molecule has 1 aliphatic heterocycles. The molecular weight excluding hydrogens is 334 g/mol. The zero-order valence-electron chi connectivity index (χ0n) is 14.7. The number of nitrogens with zero attached hydrogens (tertiary/aromatic N) is 5. The molecule has 1 aliphatic rings. The molecule has 0 atom stereocenters. The van der Waals surface area contributed by atoms with Crippen molar-refractivity contribution in [3.8, 4) is 0 Å². The van der Waals surface area contributed by atoms with E-state index in [9.17, 15) is 14.4 Å². The molecule has 4 rings (SSSR count). The highest BCUT2D eigenvalue weighted by Gasteiger charge is 2.30. The van der Waals surface area contributed by atoms with E-state index in [0.717, 1.165) is 0 Å². The van der Waals surface area contributed by atoms with E-state index in [1.165, 1.54) is 21.2 Å². The summed E-state index contributed by atoms with van der Waals surface area (Å²) in [5.74, 6) is 0.281. The van der Waals surface area contributed by atoms with Crippen LogP contribution in [0.1, 0.15) is 27.6 Å². The van der Waals surface area contributed by atoms with Gasteiger partial charge in [-0.3, -0.25) is 19.0 Å². The monoisotopic (exact) mass is 351 g/mol. The van der Waals surface area contributed by atoms with Crippen LogP contribution >= 0.6 is 0 Å². The summed E-state index contributed by atoms with van der Waals surface area (Å²) in [6.45, 7) is 2.20. The first kappa shape index (κ1) is 16.2. The number of aryl methyl sites for hydroxylation is 2. The summed E-state index contributed by atoms with van der Waals surface area (Å²) in [4.78, 5) is 43.7. The van der Waals surface area contributed by atoms with Gasteiger partial charge in [-0.15, -0.1) is 0 Å². The van der Waals surface area contributed by atoms with Crippen molar-refractivity contribution in [1.82, 2.24) is 24.2 Å². The van der Waals surface area contributed by atoms with Gasteiger partial charge in [0, 0.05) is 19.5 Å². The average molecular weight is 351 g/mol. The lowest BCUT2D eigenvalue weighted by Gasteiger charge is -2.16. The second kappa shape index (κ2) is 5.62. The van der Waals surface area contributed by atoms with E-state index in [4.69, 9.17) is 0 Å². The first-order valence-electron chi connectivity index (χ1n) is 8.19. The number of fused-ring (bicyclic) bond motifs is 2. The summed E-state index contributed by atoms with van der Waals surface area (Å²) in [5, 5.41) is 5.12. The van der Waals surface area contributed by atoms with E-state index in [-0.39, 0.29) is 35.8 Å². The van der Waals surface area contributed by atoms with Crippen LogP contribution in [0.2, 0.25) is 0 Å². The molecule has 1 aromatic carbocycles. The molecule has 0 bridgehead atoms. The van der Waals surface area contributed by atoms with E-state index >= 15 is 0 Å². The maximum atomic E-state index is 13.1. The van der Waals surface area contributed by atoms with Gasteiger partial charge in [-0.05, 0) is 13.0 Å². The van der Waals surface area contributed by atoms with Gasteiger partial charge in [0.05, 0.1) is 29.7 Å². The van der Waals surface area contributed by atoms with Crippen molar-refractivity contribution in [3.63, 3.8) is 0 Å². The van der Waals surface area contributed by atoms with E-state index in [1.54, 1.807) is 38.2 Å². The van der Waals surface area contributed by atoms with Crippen molar-refractivity contribution in [3.05, 3.63) is 67.7 Å². The Balaban J connectivity index is 1.80. The van der Waals surface area contributed by atoms with Crippen molar-refractivity contribution in [1.29, 1.82) is 0 Å². The quantitative estimate of drug-likeness (QED) is 0.636. The predicted molar refractivity (Wildman–Crippen MR) is 94.8 cm³/mol. The molecule has 0 saturated carbocycles. The summed E-state index contributed by atoms with van der Waals surface area (Å²) >= 11 is 0. The summed E-state index contributed by atoms with van der Waals surface area (Å²) in [5.41, 5.74) is 0.951. The molecule has 0 aliphatic carbocycles. The first-order chi connectivity index (χ1) is 12.4. The van der Waals surface area contributed by atoms with Crippen molar-refractivity contribution >= 4 is 16.7 Å². The highest BCUT2D eigenvalue weighted by Crippen LogP contribution is 2.22. The number of hydrogen-bond acceptors (Lipinski definition) is 5. The Hall–Kier alpha value is -3.29. The molecule has 8 nitrogen and oxygen atoms in total. The molecule has 1 amide bonds. The van der Waals surface area contributed by atoms with Crippen molar-refractivity contribution in [2.75, 3.05) is 0 Å². The van der Waals surface area contributed by atoms with E-state index < -0.39 is 0 Å². The maximum Gasteiger partial charge on any atom is 0.275 e. The molecule has 26 heavy (non-hydrogen) atoms. The molecule has 2 aromatic heterocycles. The summed E-state index contributed by atoms with van der Waals surface area (Å²) in [6.07, 6.45) is 0. The lowest BCUT2D eigenvalue weighted by Crippen LogP contribution is -2.31. The normalized spacial score (nSPS) is 13.3. The lowest BCUT2D eigenvalue weighted by molar-refractivity contribution is 0.0744. The van der Waals surface area contributed by atoms with Gasteiger partial charge in [0.15, 0.2) is 5.69 Å². The number of benzene rings is 1. The van der Waals surface area contributed by atoms with Crippen LogP contribution in [0.4, 0.5) is 0 Å². The molecule has 8 heteroatoms. The van der Waals surface area contributed by atoms with Crippen LogP contribution in [0.15, 0.2) is 33.9 Å². The highest BCUT2D eigenvalue weighted by atomic mass is 16.2. The second-order valence-electron chi connectivity index (χ2n) is 6.43. The minimum absolute atomic E-state index is 0.138. The molecule has 3 aromatic rings. The number of amides is 1. The third kappa shape index (κ3) is 2.26. The van der Waals surface area contributed by atoms with Crippen molar-refractivity contribution in [2.24, 2.45) is 14.1 Å². The summed E-state index contributed by atoms with van der Waals surface area (Å²) in [6, 6.07) is 6.90. The van der Waals surface area contributed by atoms with Gasteiger partial charge >= 0.3 is 0 Å². The first-order valence-corrected chi connectivity index (χ1v) is 8.19. The number of aromatic nitrogens is 4. The number of carbonyl (C=O) groups is 1. The van der Waals surface area contributed by atoms with Crippen molar-refractivity contribution < 1.29 is 4.79 Å². The largest absolute Gasteiger partial charge is 0.327 e. The molecular formula is C18H17N5O3. The Morgan fingerprint density at radius 2 is 1.73 bits per heavy atom. The van der Waals surface area contributed by atoms with Gasteiger partial charge in [0.1, 0.15) is 5.82 Å². The SMILES string of the molecule is Cc1nc2c(c(=O)n1C)CN(C(=O)c1nn(C)c(=O)c3ccccc13)C2. The van der Waals surface area contributed by atoms with Gasteiger partial charge in [0.2, 0.25) is 0 Å². The minimum Gasteiger partial charge on any atom is -0.327 e. The molecule has 132 valence electrons. The topological polar surface area (TPSA) is 90.1 Å². The van der Waals surface area contributed by atoms with E-state index in [0.29, 0.717) is 27.9 Å². The Morgan fingerprint density at radius 3 is 2.46 bits per heavy atom.